The van der Waals surface area contributed by atoms with Gasteiger partial charge in [0.2, 0.25) is 0 Å². The maximum atomic E-state index is 13.1. The van der Waals surface area contributed by atoms with Gasteiger partial charge in [-0.1, -0.05) is 29.4 Å². The van der Waals surface area contributed by atoms with E-state index in [1.807, 2.05) is 25.3 Å². The quantitative estimate of drug-likeness (QED) is 0.869. The number of aromatic nitrogens is 2. The second-order valence-electron chi connectivity index (χ2n) is 5.25. The Morgan fingerprint density at radius 2 is 1.96 bits per heavy atom. The monoisotopic (exact) mass is 341 g/mol. The van der Waals surface area contributed by atoms with E-state index in [2.05, 4.69) is 15.1 Å². The van der Waals surface area contributed by atoms with Crippen LogP contribution in [0.5, 0.6) is 0 Å². The number of oxime groups is 1. The molecule has 0 radical (unpaired) electrons. The Balaban J connectivity index is 1.78. The smallest absolute Gasteiger partial charge is 0.351 e. The van der Waals surface area contributed by atoms with Crippen LogP contribution < -0.4 is 0 Å². The minimum atomic E-state index is -3.92. The van der Waals surface area contributed by atoms with E-state index in [0.717, 1.165) is 17.7 Å². The predicted octanol–water partition coefficient (Wildman–Crippen LogP) is 3.21. The summed E-state index contributed by atoms with van der Waals surface area (Å²) < 4.78 is 28.1. The van der Waals surface area contributed by atoms with E-state index in [4.69, 9.17) is 11.6 Å². The molecule has 122 valence electrons. The second-order valence-corrected chi connectivity index (χ2v) is 5.72. The van der Waals surface area contributed by atoms with Crippen LogP contribution in [0.1, 0.15) is 18.9 Å². The molecular weight excluding hydrogens is 328 g/mol. The van der Waals surface area contributed by atoms with Gasteiger partial charge in [-0.3, -0.25) is 4.68 Å². The molecule has 2 heterocycles. The van der Waals surface area contributed by atoms with Crippen molar-refractivity contribution >= 4 is 17.3 Å². The Labute approximate surface area is 136 Å². The van der Waals surface area contributed by atoms with E-state index in [0.29, 0.717) is 5.56 Å². The molecule has 0 spiro atoms. The molecule has 1 unspecified atom stereocenters. The van der Waals surface area contributed by atoms with Gasteiger partial charge < -0.3 is 9.94 Å². The van der Waals surface area contributed by atoms with Gasteiger partial charge in [0.15, 0.2) is 0 Å². The van der Waals surface area contributed by atoms with Crippen LogP contribution in [0.3, 0.4) is 0 Å². The number of aliphatic hydroxyl groups is 1. The van der Waals surface area contributed by atoms with Crippen molar-refractivity contribution in [1.29, 1.82) is 0 Å². The average Bonchev–Trinajstić information content (AvgIpc) is 3.14. The summed E-state index contributed by atoms with van der Waals surface area (Å²) >= 11 is 4.86. The maximum Gasteiger partial charge on any atom is 0.388 e. The third-order valence-corrected chi connectivity index (χ3v) is 3.96. The average molecular weight is 342 g/mol. The third-order valence-electron chi connectivity index (χ3n) is 3.67. The summed E-state index contributed by atoms with van der Waals surface area (Å²) in [5.41, 5.74) is 2.68. The van der Waals surface area contributed by atoms with Crippen molar-refractivity contribution in [3.63, 3.8) is 0 Å². The molecule has 1 atom stereocenters. The highest BCUT2D eigenvalue weighted by Gasteiger charge is 2.58. The largest absolute Gasteiger partial charge is 0.388 e. The highest BCUT2D eigenvalue weighted by Crippen LogP contribution is 2.40. The van der Waals surface area contributed by atoms with Crippen LogP contribution in [-0.2, 0) is 11.4 Å². The van der Waals surface area contributed by atoms with E-state index in [1.54, 1.807) is 23.0 Å². The number of rotatable bonds is 4. The van der Waals surface area contributed by atoms with Gasteiger partial charge in [0.05, 0.1) is 18.3 Å². The zero-order chi connectivity index (χ0) is 16.7. The molecule has 1 aliphatic rings. The van der Waals surface area contributed by atoms with E-state index >= 15 is 0 Å². The first-order valence-corrected chi connectivity index (χ1v) is 7.37. The molecule has 1 N–H and O–H groups in total. The Bertz CT molecular complexity index is 740. The molecule has 1 aromatic carbocycles. The molecule has 8 heteroatoms. The summed E-state index contributed by atoms with van der Waals surface area (Å²) in [6, 6.07) is 7.09. The van der Waals surface area contributed by atoms with E-state index < -0.39 is 17.6 Å². The van der Waals surface area contributed by atoms with Gasteiger partial charge in [-0.2, -0.15) is 13.9 Å². The first kappa shape index (κ1) is 15.9. The molecule has 23 heavy (non-hydrogen) atoms. The van der Waals surface area contributed by atoms with Crippen LogP contribution in [-0.4, -0.2) is 31.8 Å². The number of aryl methyl sites for hydroxylation is 1. The number of hydrogen-bond donors (Lipinski definition) is 1. The highest BCUT2D eigenvalue weighted by atomic mass is 35.5. The number of benzene rings is 1. The number of alkyl halides is 3. The van der Waals surface area contributed by atoms with E-state index in [1.165, 1.54) is 0 Å². The fourth-order valence-corrected chi connectivity index (χ4v) is 2.37. The molecule has 0 bridgehead atoms. The van der Waals surface area contributed by atoms with Crippen LogP contribution in [0.4, 0.5) is 8.78 Å². The Morgan fingerprint density at radius 1 is 1.30 bits per heavy atom. The standard InChI is InChI=1S/C15H14ClF2N3O2/c1-2-21-9-12(8-19-21)10-3-5-11(6-4-10)13-7-14(22,23-20-13)15(16,17)18/h3-6,8-9,22H,2,7H2,1H3. The minimum absolute atomic E-state index is 0.212. The normalized spacial score (nSPS) is 21.2. The molecule has 2 aromatic rings. The summed E-state index contributed by atoms with van der Waals surface area (Å²) in [6.45, 7) is 2.77. The summed E-state index contributed by atoms with van der Waals surface area (Å²) in [7, 11) is 0. The Morgan fingerprint density at radius 3 is 2.48 bits per heavy atom. The van der Waals surface area contributed by atoms with Gasteiger partial charge in [0.1, 0.15) is 0 Å². The summed E-state index contributed by atoms with van der Waals surface area (Å²) in [6.07, 6.45) is 3.18. The zero-order valence-electron chi connectivity index (χ0n) is 12.2. The minimum Gasteiger partial charge on any atom is -0.351 e. The molecule has 0 aliphatic carbocycles. The zero-order valence-corrected chi connectivity index (χ0v) is 13.0. The van der Waals surface area contributed by atoms with Gasteiger partial charge in [0.25, 0.3) is 0 Å². The van der Waals surface area contributed by atoms with Crippen LogP contribution in [0, 0.1) is 0 Å². The van der Waals surface area contributed by atoms with E-state index in [-0.39, 0.29) is 5.71 Å². The molecule has 0 saturated heterocycles. The third kappa shape index (κ3) is 2.94. The van der Waals surface area contributed by atoms with Crippen molar-refractivity contribution < 1.29 is 18.7 Å². The lowest BCUT2D eigenvalue weighted by atomic mass is 10.0. The van der Waals surface area contributed by atoms with Crippen LogP contribution >= 0.6 is 11.6 Å². The molecule has 1 aliphatic heterocycles. The number of nitrogens with zero attached hydrogens (tertiary/aromatic N) is 3. The summed E-state index contributed by atoms with van der Waals surface area (Å²) in [5, 5.41) is 13.5. The molecular formula is C15H14ClF2N3O2. The van der Waals surface area contributed by atoms with Crippen LogP contribution in [0.15, 0.2) is 41.8 Å². The van der Waals surface area contributed by atoms with Gasteiger partial charge in [-0.25, -0.2) is 0 Å². The lowest BCUT2D eigenvalue weighted by Crippen LogP contribution is -2.44. The van der Waals surface area contributed by atoms with Crippen LogP contribution in [0.2, 0.25) is 0 Å². The fraction of sp³-hybridized carbons (Fsp3) is 0.333. The van der Waals surface area contributed by atoms with Gasteiger partial charge in [-0.15, -0.1) is 0 Å². The predicted molar refractivity (Wildman–Crippen MR) is 81.3 cm³/mol. The number of hydrogen-bond acceptors (Lipinski definition) is 4. The fourth-order valence-electron chi connectivity index (χ4n) is 2.27. The van der Waals surface area contributed by atoms with Crippen molar-refractivity contribution in [2.75, 3.05) is 0 Å². The Kier molecular flexibility index (Phi) is 3.85. The molecule has 1 aromatic heterocycles. The molecule has 0 amide bonds. The Hall–Kier alpha value is -1.99. The van der Waals surface area contributed by atoms with E-state index in [9.17, 15) is 13.9 Å². The van der Waals surface area contributed by atoms with Crippen molar-refractivity contribution in [2.24, 2.45) is 5.16 Å². The first-order valence-electron chi connectivity index (χ1n) is 7.00. The van der Waals surface area contributed by atoms with Gasteiger partial charge >= 0.3 is 11.2 Å². The SMILES string of the molecule is CCn1cc(-c2ccc(C3=NOC(O)(C(F)(F)Cl)C3)cc2)cn1. The molecule has 5 nitrogen and oxygen atoms in total. The summed E-state index contributed by atoms with van der Waals surface area (Å²) in [5.74, 6) is -2.81. The van der Waals surface area contributed by atoms with Gasteiger partial charge in [-0.05, 0) is 29.7 Å². The van der Waals surface area contributed by atoms with Crippen molar-refractivity contribution in [3.8, 4) is 11.1 Å². The molecule has 0 saturated carbocycles. The van der Waals surface area contributed by atoms with Crippen molar-refractivity contribution in [1.82, 2.24) is 9.78 Å². The molecule has 3 rings (SSSR count). The van der Waals surface area contributed by atoms with Crippen molar-refractivity contribution in [2.45, 2.75) is 31.1 Å². The first-order chi connectivity index (χ1) is 10.8. The van der Waals surface area contributed by atoms with Crippen molar-refractivity contribution in [3.05, 3.63) is 42.2 Å². The second kappa shape index (κ2) is 5.58. The maximum absolute atomic E-state index is 13.1. The highest BCUT2D eigenvalue weighted by molar-refractivity contribution is 6.22. The lowest BCUT2D eigenvalue weighted by molar-refractivity contribution is -0.272. The molecule has 0 fully saturated rings. The summed E-state index contributed by atoms with van der Waals surface area (Å²) in [4.78, 5) is 4.45. The van der Waals surface area contributed by atoms with Gasteiger partial charge in [0, 0.05) is 18.3 Å². The topological polar surface area (TPSA) is 59.6 Å². The number of halogens is 3. The lowest BCUT2D eigenvalue weighted by Gasteiger charge is -2.23. The van der Waals surface area contributed by atoms with Crippen LogP contribution in [0.25, 0.3) is 11.1 Å².